The molecule has 7 nitrogen and oxygen atoms in total. The van der Waals surface area contributed by atoms with Crippen molar-refractivity contribution in [1.82, 2.24) is 20.4 Å². The molecule has 1 aromatic heterocycles. The van der Waals surface area contributed by atoms with Gasteiger partial charge in [0.25, 0.3) is 5.91 Å². The zero-order valence-corrected chi connectivity index (χ0v) is 18.8. The average Bonchev–Trinajstić information content (AvgIpc) is 3.41. The summed E-state index contributed by atoms with van der Waals surface area (Å²) in [5.74, 6) is 0.929. The number of amides is 1. The summed E-state index contributed by atoms with van der Waals surface area (Å²) >= 11 is 12.6. The van der Waals surface area contributed by atoms with Crippen LogP contribution < -0.4 is 15.5 Å². The molecule has 0 unspecified atom stereocenters. The summed E-state index contributed by atoms with van der Waals surface area (Å²) in [6.07, 6.45) is 2.83. The standard InChI is InChI=1S/C22H23Cl2N5O2/c1-22(2)11-13-17-16(25-21(26-17)27-18-14(23)6-5-7-15(18)24)10-12(19(13)31-22)20(30)28-29-8-3-4-9-29/h5-7,10H,3-4,8-9,11H2,1-2H3,(H,28,30)(H2,25,26,27). The van der Waals surface area contributed by atoms with Gasteiger partial charge in [0.1, 0.15) is 11.4 Å². The van der Waals surface area contributed by atoms with Crippen molar-refractivity contribution in [3.8, 4) is 5.75 Å². The number of para-hydroxylation sites is 1. The zero-order valence-electron chi connectivity index (χ0n) is 17.3. The Hall–Kier alpha value is -2.48. The predicted octanol–water partition coefficient (Wildman–Crippen LogP) is 5.07. The highest BCUT2D eigenvalue weighted by molar-refractivity contribution is 6.39. The minimum Gasteiger partial charge on any atom is -0.486 e. The average molecular weight is 460 g/mol. The second kappa shape index (κ2) is 7.58. The first-order valence-corrected chi connectivity index (χ1v) is 11.1. The van der Waals surface area contributed by atoms with Crippen LogP contribution in [0.4, 0.5) is 11.6 Å². The number of hydrazine groups is 1. The number of carbonyl (C=O) groups excluding carboxylic acids is 1. The van der Waals surface area contributed by atoms with Crippen molar-refractivity contribution in [2.75, 3.05) is 18.4 Å². The molecule has 1 fully saturated rings. The number of nitrogens with zero attached hydrogens (tertiary/aromatic N) is 2. The van der Waals surface area contributed by atoms with Gasteiger partial charge in [-0.2, -0.15) is 0 Å². The van der Waals surface area contributed by atoms with Gasteiger partial charge in [-0.05, 0) is 44.9 Å². The van der Waals surface area contributed by atoms with Crippen LogP contribution in [0, 0.1) is 0 Å². The molecule has 1 amide bonds. The molecule has 0 atom stereocenters. The molecule has 0 saturated carbocycles. The van der Waals surface area contributed by atoms with Crippen LogP contribution in [0.2, 0.25) is 10.0 Å². The highest BCUT2D eigenvalue weighted by Gasteiger charge is 2.36. The summed E-state index contributed by atoms with van der Waals surface area (Å²) in [6.45, 7) is 5.75. The number of hydrogen-bond acceptors (Lipinski definition) is 5. The number of aromatic amines is 1. The summed E-state index contributed by atoms with van der Waals surface area (Å²) in [5, 5.41) is 6.11. The molecule has 0 aliphatic carbocycles. The van der Waals surface area contributed by atoms with E-state index >= 15 is 0 Å². The molecule has 0 spiro atoms. The monoisotopic (exact) mass is 459 g/mol. The predicted molar refractivity (Wildman–Crippen MR) is 123 cm³/mol. The molecular weight excluding hydrogens is 437 g/mol. The van der Waals surface area contributed by atoms with Gasteiger partial charge in [0.2, 0.25) is 5.95 Å². The van der Waals surface area contributed by atoms with Crippen LogP contribution in [0.5, 0.6) is 5.75 Å². The number of fused-ring (bicyclic) bond motifs is 3. The van der Waals surface area contributed by atoms with Crippen LogP contribution in [0.1, 0.15) is 42.6 Å². The number of hydrogen-bond donors (Lipinski definition) is 3. The van der Waals surface area contributed by atoms with Gasteiger partial charge in [-0.25, -0.2) is 9.99 Å². The van der Waals surface area contributed by atoms with Crippen LogP contribution in [-0.4, -0.2) is 39.6 Å². The third-order valence-electron chi connectivity index (χ3n) is 5.63. The third kappa shape index (κ3) is 3.82. The topological polar surface area (TPSA) is 82.3 Å². The van der Waals surface area contributed by atoms with Gasteiger partial charge in [0.05, 0.1) is 32.3 Å². The number of halogens is 2. The fourth-order valence-corrected chi connectivity index (χ4v) is 4.71. The van der Waals surface area contributed by atoms with E-state index in [0.717, 1.165) is 37.0 Å². The fraction of sp³-hybridized carbons (Fsp3) is 0.364. The molecule has 9 heteroatoms. The number of benzene rings is 2. The van der Waals surface area contributed by atoms with Gasteiger partial charge in [-0.3, -0.25) is 10.2 Å². The van der Waals surface area contributed by atoms with E-state index in [4.69, 9.17) is 27.9 Å². The molecule has 31 heavy (non-hydrogen) atoms. The lowest BCUT2D eigenvalue weighted by molar-refractivity contribution is 0.0814. The Kier molecular flexibility index (Phi) is 5.00. The Morgan fingerprint density at radius 3 is 2.65 bits per heavy atom. The number of carbonyl (C=O) groups is 1. The molecule has 3 heterocycles. The Bertz CT molecular complexity index is 1160. The van der Waals surface area contributed by atoms with Gasteiger partial charge < -0.3 is 15.0 Å². The number of anilines is 2. The van der Waals surface area contributed by atoms with Gasteiger partial charge in [-0.1, -0.05) is 29.3 Å². The normalized spacial score (nSPS) is 17.5. The van der Waals surface area contributed by atoms with Crippen LogP contribution >= 0.6 is 23.2 Å². The smallest absolute Gasteiger partial charge is 0.269 e. The Morgan fingerprint density at radius 1 is 1.23 bits per heavy atom. The summed E-state index contributed by atoms with van der Waals surface area (Å²) in [6, 6.07) is 7.07. The van der Waals surface area contributed by atoms with Gasteiger partial charge in [-0.15, -0.1) is 0 Å². The van der Waals surface area contributed by atoms with E-state index in [9.17, 15) is 4.79 Å². The summed E-state index contributed by atoms with van der Waals surface area (Å²) < 4.78 is 6.20. The lowest BCUT2D eigenvalue weighted by Gasteiger charge is -2.20. The van der Waals surface area contributed by atoms with Crippen LogP contribution in [0.15, 0.2) is 24.3 Å². The first kappa shape index (κ1) is 20.4. The molecule has 3 N–H and O–H groups in total. The molecule has 0 bridgehead atoms. The highest BCUT2D eigenvalue weighted by atomic mass is 35.5. The van der Waals surface area contributed by atoms with Crippen molar-refractivity contribution in [1.29, 1.82) is 0 Å². The molecule has 5 rings (SSSR count). The fourth-order valence-electron chi connectivity index (χ4n) is 4.22. The maximum atomic E-state index is 13.1. The number of nitrogens with one attached hydrogen (secondary N) is 3. The molecular formula is C22H23Cl2N5O2. The molecule has 162 valence electrons. The van der Waals surface area contributed by atoms with Crippen molar-refractivity contribution in [3.63, 3.8) is 0 Å². The molecule has 2 aliphatic rings. The van der Waals surface area contributed by atoms with E-state index in [2.05, 4.69) is 20.7 Å². The number of ether oxygens (including phenoxy) is 1. The SMILES string of the molecule is CC1(C)Cc2c(c(C(=O)NN3CCCC3)cc3nc(Nc4c(Cl)cccc4Cl)[nH]c23)O1. The first-order chi connectivity index (χ1) is 14.8. The number of H-pyrrole nitrogens is 1. The Morgan fingerprint density at radius 2 is 1.94 bits per heavy atom. The maximum Gasteiger partial charge on any atom is 0.269 e. The number of rotatable bonds is 4. The van der Waals surface area contributed by atoms with Crippen molar-refractivity contribution in [2.45, 2.75) is 38.7 Å². The third-order valence-corrected chi connectivity index (χ3v) is 6.26. The second-order valence-electron chi connectivity index (χ2n) is 8.61. The van der Waals surface area contributed by atoms with Gasteiger partial charge >= 0.3 is 0 Å². The summed E-state index contributed by atoms with van der Waals surface area (Å²) in [4.78, 5) is 21.1. The van der Waals surface area contributed by atoms with E-state index in [1.54, 1.807) is 24.3 Å². The molecule has 2 aromatic carbocycles. The minimum absolute atomic E-state index is 0.176. The van der Waals surface area contributed by atoms with Gasteiger partial charge in [0, 0.05) is 25.1 Å². The Labute approximate surface area is 190 Å². The zero-order chi connectivity index (χ0) is 21.8. The van der Waals surface area contributed by atoms with Crippen LogP contribution in [-0.2, 0) is 6.42 Å². The number of imidazole rings is 1. The van der Waals surface area contributed by atoms with Crippen molar-refractivity contribution < 1.29 is 9.53 Å². The van der Waals surface area contributed by atoms with E-state index < -0.39 is 5.60 Å². The van der Waals surface area contributed by atoms with E-state index in [1.165, 1.54) is 0 Å². The van der Waals surface area contributed by atoms with Crippen LogP contribution in [0.25, 0.3) is 11.0 Å². The first-order valence-electron chi connectivity index (χ1n) is 10.3. The van der Waals surface area contributed by atoms with Crippen molar-refractivity contribution in [3.05, 3.63) is 45.4 Å². The quantitative estimate of drug-likeness (QED) is 0.507. The van der Waals surface area contributed by atoms with Crippen molar-refractivity contribution in [2.24, 2.45) is 0 Å². The summed E-state index contributed by atoms with van der Waals surface area (Å²) in [5.41, 5.74) is 6.12. The summed E-state index contributed by atoms with van der Waals surface area (Å²) in [7, 11) is 0. The van der Waals surface area contributed by atoms with Gasteiger partial charge in [0.15, 0.2) is 0 Å². The maximum absolute atomic E-state index is 13.1. The molecule has 0 radical (unpaired) electrons. The van der Waals surface area contributed by atoms with E-state index in [1.807, 2.05) is 18.9 Å². The second-order valence-corrected chi connectivity index (χ2v) is 9.42. The molecule has 3 aromatic rings. The lowest BCUT2D eigenvalue weighted by atomic mass is 9.99. The largest absolute Gasteiger partial charge is 0.486 e. The number of aromatic nitrogens is 2. The van der Waals surface area contributed by atoms with E-state index in [0.29, 0.717) is 44.9 Å². The molecule has 2 aliphatic heterocycles. The van der Waals surface area contributed by atoms with Crippen molar-refractivity contribution >= 4 is 51.8 Å². The van der Waals surface area contributed by atoms with E-state index in [-0.39, 0.29) is 5.91 Å². The molecule has 1 saturated heterocycles. The van der Waals surface area contributed by atoms with Crippen LogP contribution in [0.3, 0.4) is 0 Å². The highest BCUT2D eigenvalue weighted by Crippen LogP contribution is 2.42. The minimum atomic E-state index is -0.413. The lowest BCUT2D eigenvalue weighted by Crippen LogP contribution is -2.40. The Balaban J connectivity index is 1.56.